The first-order chi connectivity index (χ1) is 49.4. The summed E-state index contributed by atoms with van der Waals surface area (Å²) in [5.74, 6) is -0.716. The van der Waals surface area contributed by atoms with Crippen molar-refractivity contribution in [3.63, 3.8) is 0 Å². The van der Waals surface area contributed by atoms with Gasteiger partial charge in [-0.15, -0.1) is 0 Å². The highest BCUT2D eigenvalue weighted by atomic mass is 31.2. The van der Waals surface area contributed by atoms with E-state index in [-0.39, 0.29) is 25.7 Å². The topological polar surface area (TPSA) is 237 Å². The minimum Gasteiger partial charge on any atom is -0.462 e. The molecule has 19 heteroatoms. The van der Waals surface area contributed by atoms with Crippen LogP contribution in [0.4, 0.5) is 0 Å². The number of carbonyl (C=O) groups excluding carboxylic acids is 4. The second-order valence-electron chi connectivity index (χ2n) is 30.6. The third kappa shape index (κ3) is 74.9. The Morgan fingerprint density at radius 3 is 0.745 bits per heavy atom. The molecule has 0 aromatic carbocycles. The molecule has 0 aliphatic rings. The Morgan fingerprint density at radius 1 is 0.284 bits per heavy atom. The SMILES string of the molecule is CCCCCCCCCCCCCCCCCCCCCCCCC(=O)O[C@H](COC(=O)CCCCCCCCCCCCCCCCCCCCCCC)COP(=O)(O)OC[C@@H](O)COP(=O)(O)OC[C@@H](COC(=O)CCCCCCCCC(C)C)OC(=O)CCCCCCCCC(C)CC. The van der Waals surface area contributed by atoms with Gasteiger partial charge in [-0.2, -0.15) is 0 Å². The molecule has 102 heavy (non-hydrogen) atoms. The van der Waals surface area contributed by atoms with Crippen molar-refractivity contribution in [3.8, 4) is 0 Å². The van der Waals surface area contributed by atoms with Crippen molar-refractivity contribution in [2.45, 2.75) is 458 Å². The van der Waals surface area contributed by atoms with Crippen LogP contribution in [0.3, 0.4) is 0 Å². The van der Waals surface area contributed by atoms with Crippen LogP contribution >= 0.6 is 15.6 Å². The van der Waals surface area contributed by atoms with Crippen molar-refractivity contribution >= 4 is 39.5 Å². The molecule has 3 unspecified atom stereocenters. The van der Waals surface area contributed by atoms with E-state index in [0.717, 1.165) is 102 Å². The maximum atomic E-state index is 13.1. The second kappa shape index (κ2) is 74.5. The predicted octanol–water partition coefficient (Wildman–Crippen LogP) is 25.1. The summed E-state index contributed by atoms with van der Waals surface area (Å²) in [6.45, 7) is 9.49. The zero-order valence-corrected chi connectivity index (χ0v) is 68.7. The van der Waals surface area contributed by atoms with Crippen LogP contribution in [-0.2, 0) is 65.4 Å². The van der Waals surface area contributed by atoms with E-state index in [2.05, 4.69) is 41.5 Å². The summed E-state index contributed by atoms with van der Waals surface area (Å²) in [5.41, 5.74) is 0. The Morgan fingerprint density at radius 2 is 0.500 bits per heavy atom. The van der Waals surface area contributed by atoms with Gasteiger partial charge in [0.15, 0.2) is 12.2 Å². The largest absolute Gasteiger partial charge is 0.472 e. The Balaban J connectivity index is 5.16. The number of unbranched alkanes of at least 4 members (excludes halogenated alkanes) is 51. The summed E-state index contributed by atoms with van der Waals surface area (Å²) in [4.78, 5) is 72.9. The number of ether oxygens (including phenoxy) is 4. The van der Waals surface area contributed by atoms with E-state index in [4.69, 9.17) is 37.0 Å². The van der Waals surface area contributed by atoms with Gasteiger partial charge in [0.1, 0.15) is 19.3 Å². The van der Waals surface area contributed by atoms with E-state index < -0.39 is 97.5 Å². The van der Waals surface area contributed by atoms with E-state index in [1.54, 1.807) is 0 Å². The van der Waals surface area contributed by atoms with Crippen molar-refractivity contribution in [2.75, 3.05) is 39.6 Å². The molecule has 17 nitrogen and oxygen atoms in total. The molecule has 0 aliphatic heterocycles. The van der Waals surface area contributed by atoms with Crippen molar-refractivity contribution in [3.05, 3.63) is 0 Å². The number of hydrogen-bond donors (Lipinski definition) is 3. The average molecular weight is 1490 g/mol. The number of rotatable bonds is 82. The molecular formula is C83H162O17P2. The van der Waals surface area contributed by atoms with Crippen LogP contribution in [0.1, 0.15) is 440 Å². The number of aliphatic hydroxyl groups excluding tert-OH is 1. The van der Waals surface area contributed by atoms with Gasteiger partial charge in [-0.05, 0) is 37.5 Å². The molecule has 0 aromatic heterocycles. The molecule has 6 atom stereocenters. The first-order valence-electron chi connectivity index (χ1n) is 43.0. The Kier molecular flexibility index (Phi) is 73.1. The zero-order valence-electron chi connectivity index (χ0n) is 66.9. The Labute approximate surface area is 626 Å². The van der Waals surface area contributed by atoms with Crippen molar-refractivity contribution in [2.24, 2.45) is 11.8 Å². The standard InChI is InChI=1S/C83H162O17P2/c1-7-10-12-14-16-18-20-22-24-26-28-30-32-34-36-38-40-42-44-46-55-61-67-82(87)99-78(71-93-80(85)65-59-53-45-43-41-39-37-35-33-31-29-27-25-23-21-19-17-15-13-11-8-2)73-97-101(89,90)95-69-77(84)70-96-102(91,92)98-74-79(72-94-81(86)66-60-54-49-47-51-57-63-75(4)5)100-83(88)68-62-56-50-48-52-58-64-76(6)9-3/h75-79,84H,7-74H2,1-6H3,(H,89,90)(H,91,92)/t76?,77-,78-,79-/m1/s1. The first-order valence-corrected chi connectivity index (χ1v) is 46.0. The number of hydrogen-bond acceptors (Lipinski definition) is 15. The van der Waals surface area contributed by atoms with Gasteiger partial charge in [-0.3, -0.25) is 37.3 Å². The van der Waals surface area contributed by atoms with E-state index in [9.17, 15) is 43.2 Å². The lowest BCUT2D eigenvalue weighted by Crippen LogP contribution is -2.30. The molecule has 0 amide bonds. The summed E-state index contributed by atoms with van der Waals surface area (Å²) in [5, 5.41) is 10.6. The summed E-state index contributed by atoms with van der Waals surface area (Å²) < 4.78 is 68.6. The minimum atomic E-state index is -4.96. The van der Waals surface area contributed by atoms with E-state index in [0.29, 0.717) is 31.6 Å². The number of esters is 4. The van der Waals surface area contributed by atoms with E-state index >= 15 is 0 Å². The quantitative estimate of drug-likeness (QED) is 0.0222. The average Bonchev–Trinajstić information content (AvgIpc) is 0.973. The van der Waals surface area contributed by atoms with Gasteiger partial charge in [0.05, 0.1) is 26.4 Å². The highest BCUT2D eigenvalue weighted by Crippen LogP contribution is 2.45. The number of phosphoric acid groups is 2. The molecule has 0 bridgehead atoms. The van der Waals surface area contributed by atoms with Gasteiger partial charge >= 0.3 is 39.5 Å². The molecule has 606 valence electrons. The molecule has 3 N–H and O–H groups in total. The minimum absolute atomic E-state index is 0.102. The summed E-state index contributed by atoms with van der Waals surface area (Å²) >= 11 is 0. The van der Waals surface area contributed by atoms with Crippen molar-refractivity contribution in [1.29, 1.82) is 0 Å². The molecule has 0 spiro atoms. The molecule has 0 saturated carbocycles. The smallest absolute Gasteiger partial charge is 0.462 e. The number of aliphatic hydroxyl groups is 1. The molecular weight excluding hydrogens is 1330 g/mol. The van der Waals surface area contributed by atoms with Crippen LogP contribution in [0.15, 0.2) is 0 Å². The van der Waals surface area contributed by atoms with Crippen LogP contribution in [0.2, 0.25) is 0 Å². The molecule has 0 heterocycles. The predicted molar refractivity (Wildman–Crippen MR) is 418 cm³/mol. The van der Waals surface area contributed by atoms with Crippen LogP contribution in [0.5, 0.6) is 0 Å². The van der Waals surface area contributed by atoms with E-state index in [1.807, 2.05) is 0 Å². The lowest BCUT2D eigenvalue weighted by Gasteiger charge is -2.21. The van der Waals surface area contributed by atoms with Crippen LogP contribution in [-0.4, -0.2) is 96.7 Å². The lowest BCUT2D eigenvalue weighted by atomic mass is 10.00. The summed E-state index contributed by atoms with van der Waals surface area (Å²) in [6.07, 6.45) is 65.9. The van der Waals surface area contributed by atoms with Crippen LogP contribution < -0.4 is 0 Å². The third-order valence-corrected chi connectivity index (χ3v) is 21.7. The van der Waals surface area contributed by atoms with Gasteiger partial charge < -0.3 is 33.8 Å². The molecule has 0 fully saturated rings. The molecule has 0 saturated heterocycles. The fraction of sp³-hybridized carbons (Fsp3) is 0.952. The summed E-state index contributed by atoms with van der Waals surface area (Å²) in [6, 6.07) is 0. The van der Waals surface area contributed by atoms with Crippen LogP contribution in [0.25, 0.3) is 0 Å². The maximum absolute atomic E-state index is 13.1. The highest BCUT2D eigenvalue weighted by Gasteiger charge is 2.30. The Hall–Kier alpha value is -1.94. The van der Waals surface area contributed by atoms with Crippen molar-refractivity contribution < 1.29 is 80.2 Å². The summed E-state index contributed by atoms with van der Waals surface area (Å²) in [7, 11) is -9.92. The third-order valence-electron chi connectivity index (χ3n) is 19.8. The van der Waals surface area contributed by atoms with Gasteiger partial charge in [-0.25, -0.2) is 9.13 Å². The maximum Gasteiger partial charge on any atom is 0.472 e. The normalized spacial score (nSPS) is 14.1. The van der Waals surface area contributed by atoms with Gasteiger partial charge in [0.25, 0.3) is 0 Å². The van der Waals surface area contributed by atoms with Gasteiger partial charge in [0, 0.05) is 25.7 Å². The monoisotopic (exact) mass is 1490 g/mol. The van der Waals surface area contributed by atoms with E-state index in [1.165, 1.54) is 250 Å². The van der Waals surface area contributed by atoms with Crippen molar-refractivity contribution in [1.82, 2.24) is 0 Å². The first kappa shape index (κ1) is 100. The lowest BCUT2D eigenvalue weighted by molar-refractivity contribution is -0.161. The number of carbonyl (C=O) groups is 4. The fourth-order valence-corrected chi connectivity index (χ4v) is 14.4. The number of phosphoric ester groups is 2. The van der Waals surface area contributed by atoms with Crippen LogP contribution in [0, 0.1) is 11.8 Å². The molecule has 0 aliphatic carbocycles. The molecule has 0 aromatic rings. The molecule has 0 radical (unpaired) electrons. The Bertz CT molecular complexity index is 1960. The second-order valence-corrected chi connectivity index (χ2v) is 33.5. The van der Waals surface area contributed by atoms with Gasteiger partial charge in [0.2, 0.25) is 0 Å². The fourth-order valence-electron chi connectivity index (χ4n) is 12.9. The zero-order chi connectivity index (χ0) is 74.9. The van der Waals surface area contributed by atoms with Gasteiger partial charge in [-0.1, -0.05) is 388 Å². The highest BCUT2D eigenvalue weighted by molar-refractivity contribution is 7.47. The molecule has 0 rings (SSSR count).